The molecule has 4 rings (SSSR count). The standard InChI is InChI=1S/C20H31N5O2/c1-14-3-5-16(6-4-14)25-13-15(11-18(25)26)20(27)24-10-7-21-12-17(24)19-22-8-9-23(19)2/h8-9,14-17,21H,3-7,10-13H2,1-2H3. The SMILES string of the molecule is CC1CCC(N2CC(C(=O)N3CCNCC3c3nccn3C)CC2=O)CC1. The van der Waals surface area contributed by atoms with E-state index in [0.29, 0.717) is 32.1 Å². The highest BCUT2D eigenvalue weighted by atomic mass is 16.2. The highest BCUT2D eigenvalue weighted by Gasteiger charge is 2.42. The number of likely N-dealkylation sites (tertiary alicyclic amines) is 1. The van der Waals surface area contributed by atoms with Crippen molar-refractivity contribution in [3.63, 3.8) is 0 Å². The van der Waals surface area contributed by atoms with Gasteiger partial charge in [-0.1, -0.05) is 6.92 Å². The van der Waals surface area contributed by atoms with Crippen LogP contribution in [0.1, 0.15) is 50.9 Å². The number of imidazole rings is 1. The Hall–Kier alpha value is -1.89. The molecule has 1 saturated carbocycles. The summed E-state index contributed by atoms with van der Waals surface area (Å²) in [5.74, 6) is 1.73. The van der Waals surface area contributed by atoms with E-state index >= 15 is 0 Å². The van der Waals surface area contributed by atoms with Gasteiger partial charge < -0.3 is 19.7 Å². The molecule has 2 amide bonds. The molecule has 1 aliphatic carbocycles. The topological polar surface area (TPSA) is 70.5 Å². The summed E-state index contributed by atoms with van der Waals surface area (Å²) in [5.41, 5.74) is 0. The zero-order valence-corrected chi connectivity index (χ0v) is 16.4. The third-order valence-electron chi connectivity index (χ3n) is 6.62. The third-order valence-corrected chi connectivity index (χ3v) is 6.62. The molecule has 2 atom stereocenters. The second-order valence-corrected chi connectivity index (χ2v) is 8.51. The fourth-order valence-electron chi connectivity index (χ4n) is 4.94. The van der Waals surface area contributed by atoms with E-state index in [0.717, 1.165) is 31.1 Å². The van der Waals surface area contributed by atoms with Crippen molar-refractivity contribution in [1.29, 1.82) is 0 Å². The molecule has 3 fully saturated rings. The molecule has 27 heavy (non-hydrogen) atoms. The van der Waals surface area contributed by atoms with Crippen molar-refractivity contribution in [3.8, 4) is 0 Å². The average molecular weight is 374 g/mol. The Morgan fingerprint density at radius 3 is 2.74 bits per heavy atom. The van der Waals surface area contributed by atoms with Gasteiger partial charge in [0.25, 0.3) is 0 Å². The molecule has 3 heterocycles. The van der Waals surface area contributed by atoms with Crippen molar-refractivity contribution >= 4 is 11.8 Å². The number of rotatable bonds is 3. The van der Waals surface area contributed by atoms with Crippen LogP contribution in [0.5, 0.6) is 0 Å². The third kappa shape index (κ3) is 3.61. The van der Waals surface area contributed by atoms with E-state index in [1.54, 1.807) is 6.20 Å². The molecule has 0 spiro atoms. The highest BCUT2D eigenvalue weighted by molar-refractivity contribution is 5.89. The van der Waals surface area contributed by atoms with Gasteiger partial charge in [-0.15, -0.1) is 0 Å². The predicted molar refractivity (Wildman–Crippen MR) is 102 cm³/mol. The van der Waals surface area contributed by atoms with Crippen LogP contribution in [0.2, 0.25) is 0 Å². The summed E-state index contributed by atoms with van der Waals surface area (Å²) >= 11 is 0. The van der Waals surface area contributed by atoms with E-state index in [2.05, 4.69) is 17.2 Å². The second kappa shape index (κ2) is 7.62. The quantitative estimate of drug-likeness (QED) is 0.868. The van der Waals surface area contributed by atoms with Crippen LogP contribution in [-0.4, -0.2) is 63.4 Å². The Bertz CT molecular complexity index is 694. The minimum Gasteiger partial charge on any atom is -0.339 e. The van der Waals surface area contributed by atoms with Crippen LogP contribution in [0, 0.1) is 11.8 Å². The fraction of sp³-hybridized carbons (Fsp3) is 0.750. The minimum atomic E-state index is -0.210. The van der Waals surface area contributed by atoms with Gasteiger partial charge in [0.05, 0.1) is 5.92 Å². The summed E-state index contributed by atoms with van der Waals surface area (Å²) in [4.78, 5) is 34.4. The molecule has 1 aromatic rings. The van der Waals surface area contributed by atoms with Gasteiger partial charge in [-0.2, -0.15) is 0 Å². The van der Waals surface area contributed by atoms with Gasteiger partial charge in [-0.25, -0.2) is 4.98 Å². The lowest BCUT2D eigenvalue weighted by atomic mass is 9.86. The van der Waals surface area contributed by atoms with E-state index in [4.69, 9.17) is 0 Å². The Morgan fingerprint density at radius 2 is 2.04 bits per heavy atom. The number of hydrogen-bond donors (Lipinski definition) is 1. The maximum absolute atomic E-state index is 13.3. The van der Waals surface area contributed by atoms with Gasteiger partial charge in [0.2, 0.25) is 11.8 Å². The first kappa shape index (κ1) is 18.5. The summed E-state index contributed by atoms with van der Waals surface area (Å²) in [7, 11) is 1.96. The summed E-state index contributed by atoms with van der Waals surface area (Å²) < 4.78 is 1.98. The van der Waals surface area contributed by atoms with Crippen molar-refractivity contribution < 1.29 is 9.59 Å². The van der Waals surface area contributed by atoms with Crippen LogP contribution in [-0.2, 0) is 16.6 Å². The summed E-state index contributed by atoms with van der Waals surface area (Å²) in [5, 5.41) is 3.37. The number of aromatic nitrogens is 2. The molecule has 0 bridgehead atoms. The summed E-state index contributed by atoms with van der Waals surface area (Å²) in [6.45, 7) is 5.05. The maximum Gasteiger partial charge on any atom is 0.228 e. The molecule has 3 aliphatic rings. The first-order chi connectivity index (χ1) is 13.0. The van der Waals surface area contributed by atoms with Crippen molar-refractivity contribution in [1.82, 2.24) is 24.7 Å². The van der Waals surface area contributed by atoms with Crippen LogP contribution in [0.15, 0.2) is 12.4 Å². The molecule has 7 nitrogen and oxygen atoms in total. The normalized spacial score (nSPS) is 32.1. The van der Waals surface area contributed by atoms with Crippen molar-refractivity contribution in [2.45, 2.75) is 51.1 Å². The van der Waals surface area contributed by atoms with E-state index in [9.17, 15) is 9.59 Å². The predicted octanol–water partition coefficient (Wildman–Crippen LogP) is 1.32. The molecule has 2 aliphatic heterocycles. The van der Waals surface area contributed by atoms with Gasteiger partial charge in [0, 0.05) is 58.1 Å². The van der Waals surface area contributed by atoms with Gasteiger partial charge in [0.1, 0.15) is 11.9 Å². The maximum atomic E-state index is 13.3. The minimum absolute atomic E-state index is 0.0640. The zero-order chi connectivity index (χ0) is 19.0. The number of aryl methyl sites for hydroxylation is 1. The number of carbonyl (C=O) groups excluding carboxylic acids is 2. The number of nitrogens with one attached hydrogen (secondary N) is 1. The van der Waals surface area contributed by atoms with Crippen LogP contribution in [0.3, 0.4) is 0 Å². The molecule has 2 saturated heterocycles. The number of nitrogens with zero attached hydrogens (tertiary/aromatic N) is 4. The summed E-state index contributed by atoms with van der Waals surface area (Å²) in [6.07, 6.45) is 8.59. The molecule has 7 heteroatoms. The van der Waals surface area contributed by atoms with Crippen LogP contribution in [0.4, 0.5) is 0 Å². The van der Waals surface area contributed by atoms with Crippen LogP contribution in [0.25, 0.3) is 0 Å². The number of piperazine rings is 1. The van der Waals surface area contributed by atoms with Crippen LogP contribution >= 0.6 is 0 Å². The molecule has 1 aromatic heterocycles. The molecular weight excluding hydrogens is 342 g/mol. The number of hydrogen-bond acceptors (Lipinski definition) is 4. The fourth-order valence-corrected chi connectivity index (χ4v) is 4.94. The second-order valence-electron chi connectivity index (χ2n) is 8.51. The lowest BCUT2D eigenvalue weighted by molar-refractivity contribution is -0.139. The average Bonchev–Trinajstić information content (AvgIpc) is 3.27. The van der Waals surface area contributed by atoms with Gasteiger partial charge >= 0.3 is 0 Å². The first-order valence-electron chi connectivity index (χ1n) is 10.3. The van der Waals surface area contributed by atoms with Crippen molar-refractivity contribution in [3.05, 3.63) is 18.2 Å². The Morgan fingerprint density at radius 1 is 1.26 bits per heavy atom. The summed E-state index contributed by atoms with van der Waals surface area (Å²) in [6, 6.07) is 0.269. The first-order valence-corrected chi connectivity index (χ1v) is 10.3. The molecular formula is C20H31N5O2. The molecule has 0 aromatic carbocycles. The lowest BCUT2D eigenvalue weighted by Crippen LogP contribution is -2.51. The molecule has 1 N–H and O–H groups in total. The van der Waals surface area contributed by atoms with Crippen molar-refractivity contribution in [2.24, 2.45) is 18.9 Å². The van der Waals surface area contributed by atoms with Crippen molar-refractivity contribution in [2.75, 3.05) is 26.2 Å². The largest absolute Gasteiger partial charge is 0.339 e. The van der Waals surface area contributed by atoms with Gasteiger partial charge in [0.15, 0.2) is 0 Å². The van der Waals surface area contributed by atoms with E-state index in [1.165, 1.54) is 12.8 Å². The van der Waals surface area contributed by atoms with Gasteiger partial charge in [-0.05, 0) is 31.6 Å². The smallest absolute Gasteiger partial charge is 0.228 e. The van der Waals surface area contributed by atoms with Gasteiger partial charge in [-0.3, -0.25) is 9.59 Å². The Balaban J connectivity index is 1.45. The molecule has 0 radical (unpaired) electrons. The Labute approximate surface area is 161 Å². The van der Waals surface area contributed by atoms with Crippen LogP contribution < -0.4 is 5.32 Å². The monoisotopic (exact) mass is 373 g/mol. The molecule has 148 valence electrons. The Kier molecular flexibility index (Phi) is 5.21. The van der Waals surface area contributed by atoms with E-state index in [-0.39, 0.29) is 23.8 Å². The zero-order valence-electron chi connectivity index (χ0n) is 16.4. The number of amides is 2. The van der Waals surface area contributed by atoms with E-state index < -0.39 is 0 Å². The lowest BCUT2D eigenvalue weighted by Gasteiger charge is -2.37. The number of carbonyl (C=O) groups is 2. The van der Waals surface area contributed by atoms with E-state index in [1.807, 2.05) is 27.6 Å². The molecule has 2 unspecified atom stereocenters. The highest BCUT2D eigenvalue weighted by Crippen LogP contribution is 2.33.